The molecule has 4 N–H and O–H groups in total. The molecule has 2 aromatic rings. The van der Waals surface area contributed by atoms with Gasteiger partial charge in [-0.3, -0.25) is 9.10 Å². The predicted octanol–water partition coefficient (Wildman–Crippen LogP) is 5.22. The van der Waals surface area contributed by atoms with Gasteiger partial charge in [0.25, 0.3) is 5.91 Å². The highest BCUT2D eigenvalue weighted by molar-refractivity contribution is 7.92. The van der Waals surface area contributed by atoms with Gasteiger partial charge in [-0.15, -0.1) is 0 Å². The van der Waals surface area contributed by atoms with Gasteiger partial charge in [0, 0.05) is 36.4 Å². The quantitative estimate of drug-likeness (QED) is 0.217. The molecule has 0 aliphatic carbocycles. The number of amides is 1. The van der Waals surface area contributed by atoms with Gasteiger partial charge in [-0.1, -0.05) is 32.8 Å². The maximum atomic E-state index is 14.0. The summed E-state index contributed by atoms with van der Waals surface area (Å²) < 4.78 is 54.6. The summed E-state index contributed by atoms with van der Waals surface area (Å²) in [7, 11) is -3.51. The number of rotatable bonds is 15. The maximum Gasteiger partial charge on any atom is 0.251 e. The molecule has 0 saturated carbocycles. The lowest BCUT2D eigenvalue weighted by Crippen LogP contribution is -2.52. The molecule has 11 heteroatoms. The molecule has 3 rings (SSSR count). The number of carbonyl (C=O) groups excluding carboxylic acids is 1. The van der Waals surface area contributed by atoms with Gasteiger partial charge in [0.1, 0.15) is 0 Å². The van der Waals surface area contributed by atoms with Crippen molar-refractivity contribution in [2.24, 2.45) is 5.92 Å². The van der Waals surface area contributed by atoms with Gasteiger partial charge in [0.2, 0.25) is 10.0 Å². The van der Waals surface area contributed by atoms with Gasteiger partial charge >= 0.3 is 0 Å². The van der Waals surface area contributed by atoms with E-state index in [2.05, 4.69) is 43.6 Å². The van der Waals surface area contributed by atoms with Gasteiger partial charge in [-0.25, -0.2) is 17.2 Å². The fraction of sp³-hybridized carbons (Fsp3) is 0.594. The number of nitrogens with zero attached hydrogens (tertiary/aromatic N) is 1. The van der Waals surface area contributed by atoms with Crippen LogP contribution >= 0.6 is 0 Å². The van der Waals surface area contributed by atoms with Crippen LogP contribution in [-0.4, -0.2) is 62.5 Å². The van der Waals surface area contributed by atoms with Crippen LogP contribution in [0.15, 0.2) is 36.4 Å². The molecule has 0 unspecified atom stereocenters. The highest BCUT2D eigenvalue weighted by Gasteiger charge is 2.29. The number of carbonyl (C=O) groups is 1. The van der Waals surface area contributed by atoms with Crippen LogP contribution < -0.4 is 20.3 Å². The molecule has 0 spiro atoms. The minimum Gasteiger partial charge on any atom is -0.390 e. The van der Waals surface area contributed by atoms with Crippen LogP contribution in [0.4, 0.5) is 20.2 Å². The van der Waals surface area contributed by atoms with Gasteiger partial charge in [-0.2, -0.15) is 0 Å². The number of benzene rings is 2. The molecule has 0 aromatic heterocycles. The molecule has 1 saturated heterocycles. The molecule has 1 fully saturated rings. The highest BCUT2D eigenvalue weighted by atomic mass is 32.2. The molecule has 0 radical (unpaired) electrons. The number of sulfonamides is 1. The summed E-state index contributed by atoms with van der Waals surface area (Å²) in [4.78, 5) is 13.7. The normalized spacial score (nSPS) is 16.6. The number of nitrogens with one attached hydrogen (secondary N) is 3. The average Bonchev–Trinajstić information content (AvgIpc) is 2.92. The van der Waals surface area contributed by atoms with Gasteiger partial charge in [0.15, 0.2) is 11.6 Å². The van der Waals surface area contributed by atoms with E-state index in [0.717, 1.165) is 37.8 Å². The summed E-state index contributed by atoms with van der Waals surface area (Å²) in [6, 6.07) is 7.56. The summed E-state index contributed by atoms with van der Waals surface area (Å²) in [6.07, 6.45) is 3.33. The summed E-state index contributed by atoms with van der Waals surface area (Å²) in [5, 5.41) is 20.7. The first-order valence-electron chi connectivity index (χ1n) is 15.3. The lowest BCUT2D eigenvalue weighted by Gasteiger charge is -2.31. The highest BCUT2D eigenvalue weighted by Crippen LogP contribution is 2.28. The molecule has 240 valence electrons. The zero-order valence-electron chi connectivity index (χ0n) is 26.1. The van der Waals surface area contributed by atoms with Crippen LogP contribution in [-0.2, 0) is 16.4 Å². The third-order valence-electron chi connectivity index (χ3n) is 7.79. The van der Waals surface area contributed by atoms with E-state index in [1.807, 2.05) is 6.92 Å². The van der Waals surface area contributed by atoms with Crippen molar-refractivity contribution in [1.29, 1.82) is 0 Å². The summed E-state index contributed by atoms with van der Waals surface area (Å²) >= 11 is 0. The Morgan fingerprint density at radius 1 is 1.09 bits per heavy atom. The number of halogens is 2. The largest absolute Gasteiger partial charge is 0.390 e. The van der Waals surface area contributed by atoms with Crippen molar-refractivity contribution in [1.82, 2.24) is 10.6 Å². The monoisotopic (exact) mass is 622 g/mol. The second kappa shape index (κ2) is 15.3. The zero-order valence-corrected chi connectivity index (χ0v) is 26.9. The van der Waals surface area contributed by atoms with Crippen molar-refractivity contribution in [3.63, 3.8) is 0 Å². The molecule has 0 bridgehead atoms. The third-order valence-corrected chi connectivity index (χ3v) is 9.66. The van der Waals surface area contributed by atoms with E-state index in [-0.39, 0.29) is 29.8 Å². The van der Waals surface area contributed by atoms with Crippen molar-refractivity contribution in [3.05, 3.63) is 59.2 Å². The van der Waals surface area contributed by atoms with Gasteiger partial charge in [0.05, 0.1) is 23.6 Å². The lowest BCUT2D eigenvalue weighted by molar-refractivity contribution is 0.0811. The van der Waals surface area contributed by atoms with E-state index in [0.29, 0.717) is 42.4 Å². The molecule has 1 amide bonds. The van der Waals surface area contributed by atoms with Crippen LogP contribution in [0.5, 0.6) is 0 Å². The van der Waals surface area contributed by atoms with Crippen molar-refractivity contribution in [3.8, 4) is 0 Å². The summed E-state index contributed by atoms with van der Waals surface area (Å²) in [5.74, 6) is -1.86. The van der Waals surface area contributed by atoms with E-state index >= 15 is 0 Å². The molecular weight excluding hydrogens is 574 g/mol. The Morgan fingerprint density at radius 3 is 2.49 bits per heavy atom. The molecule has 1 heterocycles. The molecule has 43 heavy (non-hydrogen) atoms. The van der Waals surface area contributed by atoms with Crippen molar-refractivity contribution < 1.29 is 27.1 Å². The predicted molar refractivity (Wildman–Crippen MR) is 169 cm³/mol. The number of aliphatic hydroxyl groups is 1. The maximum absolute atomic E-state index is 14.0. The first kappa shape index (κ1) is 34.7. The van der Waals surface area contributed by atoms with Crippen LogP contribution in [0.1, 0.15) is 82.6 Å². The lowest BCUT2D eigenvalue weighted by atomic mass is 9.93. The topological polar surface area (TPSA) is 111 Å². The van der Waals surface area contributed by atoms with Crippen LogP contribution in [0.3, 0.4) is 0 Å². The fourth-order valence-electron chi connectivity index (χ4n) is 5.29. The van der Waals surface area contributed by atoms with Gasteiger partial charge in [-0.05, 0) is 88.3 Å². The molecule has 2 atom stereocenters. The summed E-state index contributed by atoms with van der Waals surface area (Å²) in [5.41, 5.74) is 1.36. The molecule has 2 aromatic carbocycles. The van der Waals surface area contributed by atoms with Crippen molar-refractivity contribution in [2.45, 2.75) is 90.8 Å². The van der Waals surface area contributed by atoms with E-state index < -0.39 is 39.7 Å². The van der Waals surface area contributed by atoms with Crippen molar-refractivity contribution in [2.75, 3.05) is 35.0 Å². The second-order valence-corrected chi connectivity index (χ2v) is 14.6. The van der Waals surface area contributed by atoms with Gasteiger partial charge < -0.3 is 21.1 Å². The smallest absolute Gasteiger partial charge is 0.251 e. The molecular formula is C32H48F2N4O4S. The average molecular weight is 623 g/mol. The van der Waals surface area contributed by atoms with E-state index in [9.17, 15) is 27.1 Å². The molecule has 8 nitrogen and oxygen atoms in total. The number of hydrogen-bond acceptors (Lipinski definition) is 6. The minimum absolute atomic E-state index is 0.0449. The van der Waals surface area contributed by atoms with Crippen LogP contribution in [0.2, 0.25) is 0 Å². The Bertz CT molecular complexity index is 1340. The SMILES string of the molecule is CCNc1cc(C(=O)N[C@@H](Cc2ccc(F)c(F)c2)[C@H](O)CNC(C)(C)CCCC(C)C)cc(N2CCCCS2(=O)=O)c1. The standard InChI is InChI=1S/C32H48F2N4O4S/c1-6-35-25-18-24(19-26(20-25)38-14-7-8-15-43(38,41)42)31(40)37-29(17-23-11-12-27(33)28(34)16-23)30(39)21-36-32(4,5)13-9-10-22(2)3/h11-12,16,18-20,22,29-30,35-36,39H,6-10,13-15,17,21H2,1-5H3,(H,37,40)/t29-,30+/m0/s1. The third kappa shape index (κ3) is 10.4. The Morgan fingerprint density at radius 2 is 1.84 bits per heavy atom. The number of aliphatic hydroxyl groups excluding tert-OH is 1. The zero-order chi connectivity index (χ0) is 31.8. The molecule has 1 aliphatic rings. The number of β-amino-alcohol motifs (C(OH)–C–C–N with tert-alkyl or cyclic N) is 1. The Balaban J connectivity index is 1.85. The van der Waals surface area contributed by atoms with Crippen LogP contribution in [0, 0.1) is 17.6 Å². The number of hydrogen-bond donors (Lipinski definition) is 4. The van der Waals surface area contributed by atoms with Crippen molar-refractivity contribution >= 4 is 27.3 Å². The Labute approximate surface area is 255 Å². The van der Waals surface area contributed by atoms with E-state index in [4.69, 9.17) is 0 Å². The van der Waals surface area contributed by atoms with Crippen LogP contribution in [0.25, 0.3) is 0 Å². The summed E-state index contributed by atoms with van der Waals surface area (Å²) in [6.45, 7) is 11.4. The minimum atomic E-state index is -3.51. The second-order valence-electron chi connectivity index (χ2n) is 12.5. The Hall–Kier alpha value is -2.76. The number of anilines is 2. The van der Waals surface area contributed by atoms with E-state index in [1.165, 1.54) is 16.4 Å². The fourth-order valence-corrected chi connectivity index (χ4v) is 6.91. The first-order chi connectivity index (χ1) is 20.2. The first-order valence-corrected chi connectivity index (χ1v) is 16.9. The van der Waals surface area contributed by atoms with E-state index in [1.54, 1.807) is 12.1 Å². The molecule has 1 aliphatic heterocycles. The Kier molecular flexibility index (Phi) is 12.4.